The molecule has 1 aliphatic heterocycles. The molecule has 1 fully saturated rings. The number of hydrogen-bond acceptors (Lipinski definition) is 3. The van der Waals surface area contributed by atoms with Crippen molar-refractivity contribution in [3.8, 4) is 5.75 Å². The highest BCUT2D eigenvalue weighted by Crippen LogP contribution is 2.39. The van der Waals surface area contributed by atoms with Crippen LogP contribution in [0, 0.1) is 0 Å². The molecule has 0 unspecified atom stereocenters. The minimum Gasteiger partial charge on any atom is -0.489 e. The molecule has 3 aromatic carbocycles. The van der Waals surface area contributed by atoms with E-state index in [1.165, 1.54) is 0 Å². The monoisotopic (exact) mass is 375 g/mol. The normalized spacial score (nSPS) is 16.3. The van der Waals surface area contributed by atoms with Crippen molar-refractivity contribution in [3.05, 3.63) is 102 Å². The zero-order valence-corrected chi connectivity index (χ0v) is 15.8. The molecule has 1 atom stereocenters. The van der Waals surface area contributed by atoms with Gasteiger partial charge in [0.1, 0.15) is 17.7 Å². The third-order valence-electron chi connectivity index (χ3n) is 4.56. The average molecular weight is 375 g/mol. The Hall–Kier alpha value is -2.72. The number of rotatable bonds is 5. The Bertz CT molecular complexity index is 899. The molecule has 0 N–H and O–H groups in total. The number of carbonyl (C=O) groups is 1. The topological polar surface area (TPSA) is 29.5 Å². The fraction of sp³-hybridized carbons (Fsp3) is 0.174. The Morgan fingerprint density at radius 2 is 1.70 bits per heavy atom. The molecule has 3 aromatic rings. The molecule has 3 nitrogen and oxygen atoms in total. The van der Waals surface area contributed by atoms with E-state index in [4.69, 9.17) is 4.74 Å². The maximum absolute atomic E-state index is 12.9. The Morgan fingerprint density at radius 1 is 0.963 bits per heavy atom. The molecule has 1 amide bonds. The smallest absolute Gasteiger partial charge is 0.255 e. The molecular formula is C23H21NO2S. The van der Waals surface area contributed by atoms with Gasteiger partial charge in [0, 0.05) is 17.9 Å². The first-order chi connectivity index (χ1) is 13.3. The predicted molar refractivity (Wildman–Crippen MR) is 110 cm³/mol. The van der Waals surface area contributed by atoms with E-state index in [1.54, 1.807) is 11.8 Å². The lowest BCUT2D eigenvalue weighted by Gasteiger charge is -2.24. The Balaban J connectivity index is 1.49. The lowest BCUT2D eigenvalue weighted by Crippen LogP contribution is -2.30. The van der Waals surface area contributed by atoms with Crippen LogP contribution in [0.25, 0.3) is 0 Å². The van der Waals surface area contributed by atoms with E-state index in [1.807, 2.05) is 65.6 Å². The van der Waals surface area contributed by atoms with E-state index < -0.39 is 0 Å². The van der Waals surface area contributed by atoms with E-state index in [2.05, 4.69) is 24.3 Å². The molecule has 136 valence electrons. The number of nitrogens with zero attached hydrogens (tertiary/aromatic N) is 1. The molecule has 4 rings (SSSR count). The maximum atomic E-state index is 12.9. The van der Waals surface area contributed by atoms with Gasteiger partial charge in [-0.05, 0) is 35.4 Å². The second-order valence-electron chi connectivity index (χ2n) is 6.43. The van der Waals surface area contributed by atoms with Crippen LogP contribution in [0.3, 0.4) is 0 Å². The van der Waals surface area contributed by atoms with Gasteiger partial charge in [0.25, 0.3) is 5.91 Å². The highest BCUT2D eigenvalue weighted by molar-refractivity contribution is 7.99. The van der Waals surface area contributed by atoms with Crippen LogP contribution >= 0.6 is 11.8 Å². The van der Waals surface area contributed by atoms with Crippen molar-refractivity contribution in [1.29, 1.82) is 0 Å². The summed E-state index contributed by atoms with van der Waals surface area (Å²) in [5.74, 6) is 1.86. The van der Waals surface area contributed by atoms with Crippen LogP contribution in [-0.4, -0.2) is 23.1 Å². The number of carbonyl (C=O) groups excluding carboxylic acids is 1. The fourth-order valence-corrected chi connectivity index (χ4v) is 4.45. The lowest BCUT2D eigenvalue weighted by atomic mass is 10.1. The van der Waals surface area contributed by atoms with E-state index in [0.29, 0.717) is 6.61 Å². The van der Waals surface area contributed by atoms with Crippen LogP contribution in [0.15, 0.2) is 84.9 Å². The standard InChI is InChI=1S/C23H21NO2S/c25-22(19-10-5-2-6-11-19)24-14-15-27-23(24)20-12-7-13-21(16-20)26-17-18-8-3-1-4-9-18/h1-13,16,23H,14-15,17H2/t23-/m1/s1. The van der Waals surface area contributed by atoms with Crippen molar-refractivity contribution in [2.75, 3.05) is 12.3 Å². The second-order valence-corrected chi connectivity index (χ2v) is 7.62. The quantitative estimate of drug-likeness (QED) is 0.617. The van der Waals surface area contributed by atoms with Gasteiger partial charge < -0.3 is 9.64 Å². The molecule has 1 saturated heterocycles. The van der Waals surface area contributed by atoms with Gasteiger partial charge in [-0.25, -0.2) is 0 Å². The minimum atomic E-state index is 0.0259. The molecule has 1 heterocycles. The van der Waals surface area contributed by atoms with Crippen molar-refractivity contribution >= 4 is 17.7 Å². The molecule has 0 radical (unpaired) electrons. The van der Waals surface area contributed by atoms with Gasteiger partial charge in [0.15, 0.2) is 0 Å². The number of amides is 1. The summed E-state index contributed by atoms with van der Waals surface area (Å²) >= 11 is 1.80. The van der Waals surface area contributed by atoms with Crippen LogP contribution in [0.4, 0.5) is 0 Å². The molecule has 0 saturated carbocycles. The summed E-state index contributed by atoms with van der Waals surface area (Å²) in [6, 6.07) is 27.7. The Kier molecular flexibility index (Phi) is 5.45. The largest absolute Gasteiger partial charge is 0.489 e. The Morgan fingerprint density at radius 3 is 2.48 bits per heavy atom. The summed E-state index contributed by atoms with van der Waals surface area (Å²) < 4.78 is 5.96. The molecule has 0 aliphatic carbocycles. The Labute approximate surface area is 164 Å². The van der Waals surface area contributed by atoms with Crippen LogP contribution in [0.5, 0.6) is 5.75 Å². The fourth-order valence-electron chi connectivity index (χ4n) is 3.20. The summed E-state index contributed by atoms with van der Waals surface area (Å²) in [5.41, 5.74) is 2.98. The third-order valence-corrected chi connectivity index (χ3v) is 5.82. The highest BCUT2D eigenvalue weighted by Gasteiger charge is 2.31. The van der Waals surface area contributed by atoms with Crippen molar-refractivity contribution in [2.45, 2.75) is 12.0 Å². The predicted octanol–water partition coefficient (Wildman–Crippen LogP) is 5.15. The second kappa shape index (κ2) is 8.31. The molecule has 1 aliphatic rings. The molecular weight excluding hydrogens is 354 g/mol. The third kappa shape index (κ3) is 4.17. The number of benzene rings is 3. The SMILES string of the molecule is O=C(c1ccccc1)N1CCS[C@@H]1c1cccc(OCc2ccccc2)c1. The number of hydrogen-bond donors (Lipinski definition) is 0. The lowest BCUT2D eigenvalue weighted by molar-refractivity contribution is 0.0760. The number of thioether (sulfide) groups is 1. The average Bonchev–Trinajstić information content (AvgIpc) is 3.23. The summed E-state index contributed by atoms with van der Waals surface area (Å²) in [6.45, 7) is 1.30. The first-order valence-corrected chi connectivity index (χ1v) is 10.1. The van der Waals surface area contributed by atoms with Crippen molar-refractivity contribution in [2.24, 2.45) is 0 Å². The highest BCUT2D eigenvalue weighted by atomic mass is 32.2. The molecule has 0 bridgehead atoms. The van der Waals surface area contributed by atoms with Crippen LogP contribution in [-0.2, 0) is 6.61 Å². The molecule has 27 heavy (non-hydrogen) atoms. The maximum Gasteiger partial charge on any atom is 0.255 e. The summed E-state index contributed by atoms with van der Waals surface area (Å²) in [6.07, 6.45) is 0. The van der Waals surface area contributed by atoms with E-state index in [9.17, 15) is 4.79 Å². The van der Waals surface area contributed by atoms with Crippen molar-refractivity contribution < 1.29 is 9.53 Å². The van der Waals surface area contributed by atoms with Crippen molar-refractivity contribution in [3.63, 3.8) is 0 Å². The van der Waals surface area contributed by atoms with Crippen LogP contribution in [0.1, 0.15) is 26.9 Å². The summed E-state index contributed by atoms with van der Waals surface area (Å²) in [7, 11) is 0. The van der Waals surface area contributed by atoms with Gasteiger partial charge in [0.2, 0.25) is 0 Å². The molecule has 0 aromatic heterocycles. The zero-order valence-electron chi connectivity index (χ0n) is 15.0. The van der Waals surface area contributed by atoms with E-state index in [-0.39, 0.29) is 11.3 Å². The van der Waals surface area contributed by atoms with Gasteiger partial charge in [-0.3, -0.25) is 4.79 Å². The number of ether oxygens (including phenoxy) is 1. The van der Waals surface area contributed by atoms with E-state index >= 15 is 0 Å². The summed E-state index contributed by atoms with van der Waals surface area (Å²) in [5, 5.41) is 0.0259. The molecule has 0 spiro atoms. The van der Waals surface area contributed by atoms with Crippen LogP contribution < -0.4 is 4.74 Å². The minimum absolute atomic E-state index is 0.0259. The van der Waals surface area contributed by atoms with Gasteiger partial charge in [-0.1, -0.05) is 60.7 Å². The van der Waals surface area contributed by atoms with Gasteiger partial charge in [-0.2, -0.15) is 0 Å². The zero-order chi connectivity index (χ0) is 18.5. The van der Waals surface area contributed by atoms with Gasteiger partial charge >= 0.3 is 0 Å². The molecule has 4 heteroatoms. The van der Waals surface area contributed by atoms with E-state index in [0.717, 1.165) is 34.7 Å². The van der Waals surface area contributed by atoms with Gasteiger partial charge in [-0.15, -0.1) is 11.8 Å². The first kappa shape index (κ1) is 17.7. The first-order valence-electron chi connectivity index (χ1n) is 9.05. The van der Waals surface area contributed by atoms with Gasteiger partial charge in [0.05, 0.1) is 0 Å². The van der Waals surface area contributed by atoms with Crippen molar-refractivity contribution in [1.82, 2.24) is 4.90 Å². The summed E-state index contributed by atoms with van der Waals surface area (Å²) in [4.78, 5) is 14.9. The van der Waals surface area contributed by atoms with Crippen LogP contribution in [0.2, 0.25) is 0 Å².